The van der Waals surface area contributed by atoms with Crippen LogP contribution in [0.5, 0.6) is 0 Å². The highest BCUT2D eigenvalue weighted by molar-refractivity contribution is 5.76. The van der Waals surface area contributed by atoms with Crippen molar-refractivity contribution in [2.45, 2.75) is 39.7 Å². The lowest BCUT2D eigenvalue weighted by molar-refractivity contribution is -0.121. The molecule has 1 aromatic rings. The second-order valence-corrected chi connectivity index (χ2v) is 4.59. The molecule has 0 unspecified atom stereocenters. The van der Waals surface area contributed by atoms with Crippen molar-refractivity contribution in [3.05, 3.63) is 35.9 Å². The average Bonchev–Trinajstić information content (AvgIpc) is 2.27. The van der Waals surface area contributed by atoms with E-state index < -0.39 is 0 Å². The number of hydrogen-bond donors (Lipinski definition) is 1. The number of aryl methyl sites for hydroxylation is 1. The molecule has 1 N–H and O–H groups in total. The SMILES string of the molecule is CC(C)[C@H](C)NC(=O)CCc1ccccc1. The Morgan fingerprint density at radius 1 is 1.19 bits per heavy atom. The van der Waals surface area contributed by atoms with E-state index in [-0.39, 0.29) is 11.9 Å². The zero-order chi connectivity index (χ0) is 12.0. The second kappa shape index (κ2) is 6.31. The third-order valence-corrected chi connectivity index (χ3v) is 2.87. The monoisotopic (exact) mass is 219 g/mol. The largest absolute Gasteiger partial charge is 0.353 e. The average molecular weight is 219 g/mol. The third-order valence-electron chi connectivity index (χ3n) is 2.87. The summed E-state index contributed by atoms with van der Waals surface area (Å²) in [7, 11) is 0. The summed E-state index contributed by atoms with van der Waals surface area (Å²) in [6.07, 6.45) is 1.39. The Morgan fingerprint density at radius 3 is 2.38 bits per heavy atom. The number of nitrogens with one attached hydrogen (secondary N) is 1. The lowest BCUT2D eigenvalue weighted by Crippen LogP contribution is -2.36. The van der Waals surface area contributed by atoms with Crippen LogP contribution in [0.25, 0.3) is 0 Å². The fourth-order valence-electron chi connectivity index (χ4n) is 1.40. The zero-order valence-corrected chi connectivity index (χ0v) is 10.4. The van der Waals surface area contributed by atoms with Gasteiger partial charge >= 0.3 is 0 Å². The van der Waals surface area contributed by atoms with E-state index in [2.05, 4.69) is 31.3 Å². The van der Waals surface area contributed by atoms with Gasteiger partial charge in [0.25, 0.3) is 0 Å². The van der Waals surface area contributed by atoms with E-state index in [1.165, 1.54) is 5.56 Å². The first-order chi connectivity index (χ1) is 7.59. The van der Waals surface area contributed by atoms with Crippen molar-refractivity contribution in [1.82, 2.24) is 5.32 Å². The minimum absolute atomic E-state index is 0.144. The molecule has 0 spiro atoms. The van der Waals surface area contributed by atoms with E-state index in [4.69, 9.17) is 0 Å². The Labute approximate surface area is 98.1 Å². The van der Waals surface area contributed by atoms with Crippen molar-refractivity contribution in [3.63, 3.8) is 0 Å². The van der Waals surface area contributed by atoms with Crippen molar-refractivity contribution in [3.8, 4) is 0 Å². The van der Waals surface area contributed by atoms with Crippen molar-refractivity contribution < 1.29 is 4.79 Å². The van der Waals surface area contributed by atoms with E-state index in [1.54, 1.807) is 0 Å². The van der Waals surface area contributed by atoms with Gasteiger partial charge in [-0.3, -0.25) is 4.79 Å². The molecule has 1 amide bonds. The van der Waals surface area contributed by atoms with Gasteiger partial charge in [-0.1, -0.05) is 44.2 Å². The minimum Gasteiger partial charge on any atom is -0.353 e. The second-order valence-electron chi connectivity index (χ2n) is 4.59. The molecular formula is C14H21NO. The molecule has 88 valence electrons. The van der Waals surface area contributed by atoms with Crippen LogP contribution in [0.2, 0.25) is 0 Å². The molecule has 0 saturated heterocycles. The minimum atomic E-state index is 0.144. The van der Waals surface area contributed by atoms with Gasteiger partial charge in [0.1, 0.15) is 0 Å². The molecule has 0 radical (unpaired) electrons. The highest BCUT2D eigenvalue weighted by Gasteiger charge is 2.10. The van der Waals surface area contributed by atoms with Gasteiger partial charge in [0.15, 0.2) is 0 Å². The molecule has 0 aromatic heterocycles. The lowest BCUT2D eigenvalue weighted by atomic mass is 10.1. The van der Waals surface area contributed by atoms with E-state index in [0.717, 1.165) is 6.42 Å². The lowest BCUT2D eigenvalue weighted by Gasteiger charge is -2.17. The van der Waals surface area contributed by atoms with Crippen LogP contribution in [0.1, 0.15) is 32.8 Å². The molecule has 0 fully saturated rings. The highest BCUT2D eigenvalue weighted by Crippen LogP contribution is 2.04. The number of rotatable bonds is 5. The summed E-state index contributed by atoms with van der Waals surface area (Å²) in [4.78, 5) is 11.6. The van der Waals surface area contributed by atoms with Crippen molar-refractivity contribution in [1.29, 1.82) is 0 Å². The number of amides is 1. The molecule has 0 bridgehead atoms. The maximum absolute atomic E-state index is 11.6. The van der Waals surface area contributed by atoms with Gasteiger partial charge in [-0.05, 0) is 24.8 Å². The molecule has 0 aliphatic rings. The normalized spacial score (nSPS) is 12.5. The summed E-state index contributed by atoms with van der Waals surface area (Å²) in [5.74, 6) is 0.630. The number of carbonyl (C=O) groups excluding carboxylic acids is 1. The Balaban J connectivity index is 2.31. The van der Waals surface area contributed by atoms with Crippen molar-refractivity contribution in [2.24, 2.45) is 5.92 Å². The van der Waals surface area contributed by atoms with Crippen molar-refractivity contribution >= 4 is 5.91 Å². The van der Waals surface area contributed by atoms with Gasteiger partial charge in [0, 0.05) is 12.5 Å². The van der Waals surface area contributed by atoms with Crippen molar-refractivity contribution in [2.75, 3.05) is 0 Å². The standard InChI is InChI=1S/C14H21NO/c1-11(2)12(3)15-14(16)10-9-13-7-5-4-6-8-13/h4-8,11-12H,9-10H2,1-3H3,(H,15,16)/t12-/m0/s1. The molecule has 16 heavy (non-hydrogen) atoms. The number of hydrogen-bond acceptors (Lipinski definition) is 1. The zero-order valence-electron chi connectivity index (χ0n) is 10.4. The predicted octanol–water partition coefficient (Wildman–Crippen LogP) is 2.78. The van der Waals surface area contributed by atoms with Gasteiger partial charge in [-0.2, -0.15) is 0 Å². The summed E-state index contributed by atoms with van der Waals surface area (Å²) in [5.41, 5.74) is 1.22. The summed E-state index contributed by atoms with van der Waals surface area (Å²) in [6.45, 7) is 6.27. The summed E-state index contributed by atoms with van der Waals surface area (Å²) < 4.78 is 0. The summed E-state index contributed by atoms with van der Waals surface area (Å²) in [6, 6.07) is 10.4. The fraction of sp³-hybridized carbons (Fsp3) is 0.500. The van der Waals surface area contributed by atoms with Gasteiger partial charge in [0.2, 0.25) is 5.91 Å². The van der Waals surface area contributed by atoms with Gasteiger partial charge < -0.3 is 5.32 Å². The van der Waals surface area contributed by atoms with Crippen LogP contribution < -0.4 is 5.32 Å². The Kier molecular flexibility index (Phi) is 5.03. The van der Waals surface area contributed by atoms with E-state index in [0.29, 0.717) is 12.3 Å². The Hall–Kier alpha value is -1.31. The first-order valence-electron chi connectivity index (χ1n) is 5.93. The molecule has 1 atom stereocenters. The van der Waals surface area contributed by atoms with Crippen LogP contribution >= 0.6 is 0 Å². The first kappa shape index (κ1) is 12.8. The molecule has 2 heteroatoms. The summed E-state index contributed by atoms with van der Waals surface area (Å²) in [5, 5.41) is 3.01. The van der Waals surface area contributed by atoms with Gasteiger partial charge in [0.05, 0.1) is 0 Å². The molecule has 1 rings (SSSR count). The van der Waals surface area contributed by atoms with Gasteiger partial charge in [-0.25, -0.2) is 0 Å². The quantitative estimate of drug-likeness (QED) is 0.810. The van der Waals surface area contributed by atoms with Gasteiger partial charge in [-0.15, -0.1) is 0 Å². The topological polar surface area (TPSA) is 29.1 Å². The van der Waals surface area contributed by atoms with Crippen LogP contribution in [0.15, 0.2) is 30.3 Å². The van der Waals surface area contributed by atoms with E-state index in [1.807, 2.05) is 25.1 Å². The molecule has 0 aliphatic heterocycles. The van der Waals surface area contributed by atoms with Crippen LogP contribution in [0.4, 0.5) is 0 Å². The van der Waals surface area contributed by atoms with Crippen LogP contribution in [0, 0.1) is 5.92 Å². The maximum Gasteiger partial charge on any atom is 0.220 e. The fourth-order valence-corrected chi connectivity index (χ4v) is 1.40. The Morgan fingerprint density at radius 2 is 1.81 bits per heavy atom. The van der Waals surface area contributed by atoms with Crippen LogP contribution in [0.3, 0.4) is 0 Å². The molecule has 1 aromatic carbocycles. The maximum atomic E-state index is 11.6. The number of benzene rings is 1. The smallest absolute Gasteiger partial charge is 0.220 e. The first-order valence-corrected chi connectivity index (χ1v) is 5.93. The molecule has 2 nitrogen and oxygen atoms in total. The van der Waals surface area contributed by atoms with Crippen LogP contribution in [-0.4, -0.2) is 11.9 Å². The predicted molar refractivity (Wildman–Crippen MR) is 67.2 cm³/mol. The summed E-state index contributed by atoms with van der Waals surface area (Å²) >= 11 is 0. The van der Waals surface area contributed by atoms with E-state index >= 15 is 0 Å². The molecule has 0 heterocycles. The van der Waals surface area contributed by atoms with E-state index in [9.17, 15) is 4.79 Å². The Bertz CT molecular complexity index is 319. The molecular weight excluding hydrogens is 198 g/mol. The third kappa shape index (κ3) is 4.47. The number of carbonyl (C=O) groups is 1. The highest BCUT2D eigenvalue weighted by atomic mass is 16.1. The molecule has 0 aliphatic carbocycles. The van der Waals surface area contributed by atoms with Crippen LogP contribution in [-0.2, 0) is 11.2 Å². The molecule has 0 saturated carbocycles.